The predicted octanol–water partition coefficient (Wildman–Crippen LogP) is 3.06. The Labute approximate surface area is 161 Å². The fourth-order valence-electron chi connectivity index (χ4n) is 5.40. The summed E-state index contributed by atoms with van der Waals surface area (Å²) in [6.45, 7) is 2.96. The minimum Gasteiger partial charge on any atom is -0.335 e. The molecule has 3 heterocycles. The van der Waals surface area contributed by atoms with Gasteiger partial charge in [0.1, 0.15) is 0 Å². The van der Waals surface area contributed by atoms with Crippen LogP contribution in [0.1, 0.15) is 36.0 Å². The lowest BCUT2D eigenvalue weighted by atomic mass is 9.82. The molecule has 5 rings (SSSR count). The lowest BCUT2D eigenvalue weighted by Crippen LogP contribution is -2.57. The summed E-state index contributed by atoms with van der Waals surface area (Å²) < 4.78 is 0. The van der Waals surface area contributed by atoms with Crippen molar-refractivity contribution in [2.75, 3.05) is 13.1 Å². The van der Waals surface area contributed by atoms with Crippen molar-refractivity contribution >= 4 is 5.91 Å². The molecule has 1 aromatic carbocycles. The fraction of sp³-hybridized carbons (Fsp3) is 0.478. The van der Waals surface area contributed by atoms with E-state index in [0.717, 1.165) is 31.5 Å². The molecule has 2 fully saturated rings. The summed E-state index contributed by atoms with van der Waals surface area (Å²) in [6, 6.07) is 14.0. The Morgan fingerprint density at radius 2 is 1.85 bits per heavy atom. The number of carbonyl (C=O) groups is 1. The number of piperidine rings is 2. The predicted molar refractivity (Wildman–Crippen MR) is 105 cm³/mol. The zero-order valence-electron chi connectivity index (χ0n) is 15.8. The Kier molecular flexibility index (Phi) is 4.44. The maximum absolute atomic E-state index is 12.6. The molecule has 0 N–H and O–H groups in total. The molecule has 4 heteroatoms. The first kappa shape index (κ1) is 16.9. The Hall–Kier alpha value is -2.20. The summed E-state index contributed by atoms with van der Waals surface area (Å²) in [5.74, 6) is 0.929. The molecule has 4 nitrogen and oxygen atoms in total. The van der Waals surface area contributed by atoms with Crippen LogP contribution < -0.4 is 0 Å². The molecule has 1 aliphatic carbocycles. The summed E-state index contributed by atoms with van der Waals surface area (Å²) in [5.41, 5.74) is 4.20. The van der Waals surface area contributed by atoms with Gasteiger partial charge in [0.25, 0.3) is 0 Å². The molecule has 1 aromatic heterocycles. The van der Waals surface area contributed by atoms with Gasteiger partial charge in [0, 0.05) is 50.5 Å². The van der Waals surface area contributed by atoms with Gasteiger partial charge >= 0.3 is 0 Å². The topological polar surface area (TPSA) is 36.4 Å². The van der Waals surface area contributed by atoms with Gasteiger partial charge in [-0.2, -0.15) is 0 Å². The van der Waals surface area contributed by atoms with Gasteiger partial charge in [-0.15, -0.1) is 0 Å². The monoisotopic (exact) mass is 361 g/mol. The van der Waals surface area contributed by atoms with Crippen LogP contribution in [-0.4, -0.2) is 45.9 Å². The van der Waals surface area contributed by atoms with Crippen molar-refractivity contribution < 1.29 is 4.79 Å². The van der Waals surface area contributed by atoms with E-state index in [9.17, 15) is 4.79 Å². The number of amides is 1. The Balaban J connectivity index is 1.27. The number of rotatable bonds is 3. The van der Waals surface area contributed by atoms with E-state index < -0.39 is 0 Å². The minimum absolute atomic E-state index is 0.321. The molecular weight excluding hydrogens is 334 g/mol. The van der Waals surface area contributed by atoms with E-state index >= 15 is 0 Å². The number of likely N-dealkylation sites (tertiary alicyclic amines) is 2. The van der Waals surface area contributed by atoms with Crippen LogP contribution in [0.25, 0.3) is 0 Å². The fourth-order valence-corrected chi connectivity index (χ4v) is 5.40. The first-order valence-electron chi connectivity index (χ1n) is 10.3. The van der Waals surface area contributed by atoms with E-state index in [1.54, 1.807) is 6.20 Å². The molecule has 140 valence electrons. The van der Waals surface area contributed by atoms with E-state index in [1.807, 2.05) is 12.3 Å². The highest BCUT2D eigenvalue weighted by atomic mass is 16.2. The van der Waals surface area contributed by atoms with Gasteiger partial charge in [-0.25, -0.2) is 0 Å². The van der Waals surface area contributed by atoms with Crippen LogP contribution in [0.15, 0.2) is 48.8 Å². The van der Waals surface area contributed by atoms with Gasteiger partial charge in [-0.05, 0) is 54.4 Å². The molecule has 27 heavy (non-hydrogen) atoms. The van der Waals surface area contributed by atoms with Crippen LogP contribution in [0.5, 0.6) is 0 Å². The summed E-state index contributed by atoms with van der Waals surface area (Å²) in [5, 5.41) is 0. The number of fused-ring (bicyclic) bond motifs is 2. The molecule has 2 atom stereocenters. The quantitative estimate of drug-likeness (QED) is 0.843. The van der Waals surface area contributed by atoms with E-state index in [1.165, 1.54) is 24.0 Å². The Bertz CT molecular complexity index is 796. The molecule has 0 saturated carbocycles. The number of hydrogen-bond acceptors (Lipinski definition) is 3. The van der Waals surface area contributed by atoms with E-state index in [4.69, 9.17) is 0 Å². The normalized spacial score (nSPS) is 26.1. The number of carbonyl (C=O) groups excluding carboxylic acids is 1. The maximum atomic E-state index is 12.6. The summed E-state index contributed by atoms with van der Waals surface area (Å²) >= 11 is 0. The van der Waals surface area contributed by atoms with E-state index in [2.05, 4.69) is 45.1 Å². The summed E-state index contributed by atoms with van der Waals surface area (Å²) in [6.07, 6.45) is 8.90. The number of nitrogens with zero attached hydrogens (tertiary/aromatic N) is 3. The van der Waals surface area contributed by atoms with Crippen LogP contribution in [0.2, 0.25) is 0 Å². The van der Waals surface area contributed by atoms with E-state index in [0.29, 0.717) is 36.9 Å². The first-order chi connectivity index (χ1) is 13.3. The average Bonchev–Trinajstić information content (AvgIpc) is 3.15. The molecule has 1 amide bonds. The van der Waals surface area contributed by atoms with Crippen LogP contribution in [0.3, 0.4) is 0 Å². The van der Waals surface area contributed by atoms with Crippen LogP contribution in [0, 0.1) is 5.92 Å². The molecule has 2 aromatic rings. The Morgan fingerprint density at radius 3 is 2.59 bits per heavy atom. The third-order valence-corrected chi connectivity index (χ3v) is 6.80. The van der Waals surface area contributed by atoms with Crippen molar-refractivity contribution in [3.63, 3.8) is 0 Å². The van der Waals surface area contributed by atoms with Gasteiger partial charge < -0.3 is 4.90 Å². The van der Waals surface area contributed by atoms with Crippen molar-refractivity contribution in [1.29, 1.82) is 0 Å². The Morgan fingerprint density at radius 1 is 1.04 bits per heavy atom. The molecule has 3 aliphatic rings. The molecule has 2 saturated heterocycles. The number of pyridine rings is 1. The van der Waals surface area contributed by atoms with Crippen molar-refractivity contribution in [3.8, 4) is 0 Å². The van der Waals surface area contributed by atoms with Gasteiger partial charge in [-0.1, -0.05) is 30.3 Å². The molecule has 0 spiro atoms. The standard InChI is InChI=1S/C23H27N3O/c27-23-8-7-20-16-25(21-12-18-5-1-2-6-19(18)13-21)11-9-22(20)26(23)15-17-4-3-10-24-14-17/h1-6,10,14,20-22H,7-9,11-13,15-16H2/t20-,22+/m1/s1. The zero-order valence-corrected chi connectivity index (χ0v) is 15.8. The van der Waals surface area contributed by atoms with Crippen LogP contribution in [-0.2, 0) is 24.2 Å². The third-order valence-electron chi connectivity index (χ3n) is 6.80. The highest BCUT2D eigenvalue weighted by Gasteiger charge is 2.41. The van der Waals surface area contributed by atoms with Gasteiger partial charge in [0.2, 0.25) is 5.91 Å². The smallest absolute Gasteiger partial charge is 0.223 e. The van der Waals surface area contributed by atoms with Gasteiger partial charge in [-0.3, -0.25) is 14.7 Å². The SMILES string of the molecule is O=C1CC[C@@H]2CN(C3Cc4ccccc4C3)CC[C@@H]2N1Cc1cccnc1. The molecule has 0 radical (unpaired) electrons. The van der Waals surface area contributed by atoms with Crippen LogP contribution >= 0.6 is 0 Å². The summed E-state index contributed by atoms with van der Waals surface area (Å²) in [4.78, 5) is 21.7. The zero-order chi connectivity index (χ0) is 18.2. The highest BCUT2D eigenvalue weighted by molar-refractivity contribution is 5.77. The second-order valence-corrected chi connectivity index (χ2v) is 8.36. The third kappa shape index (κ3) is 3.27. The maximum Gasteiger partial charge on any atom is 0.223 e. The van der Waals surface area contributed by atoms with Gasteiger partial charge in [0.05, 0.1) is 0 Å². The summed E-state index contributed by atoms with van der Waals surface area (Å²) in [7, 11) is 0. The highest BCUT2D eigenvalue weighted by Crippen LogP contribution is 2.35. The lowest BCUT2D eigenvalue weighted by Gasteiger charge is -2.48. The van der Waals surface area contributed by atoms with Crippen LogP contribution in [0.4, 0.5) is 0 Å². The second kappa shape index (κ2) is 7.08. The number of hydrogen-bond donors (Lipinski definition) is 0. The number of aromatic nitrogens is 1. The molecular formula is C23H27N3O. The van der Waals surface area contributed by atoms with Crippen molar-refractivity contribution in [2.24, 2.45) is 5.92 Å². The lowest BCUT2D eigenvalue weighted by molar-refractivity contribution is -0.142. The minimum atomic E-state index is 0.321. The first-order valence-corrected chi connectivity index (χ1v) is 10.3. The van der Waals surface area contributed by atoms with Crippen molar-refractivity contribution in [2.45, 2.75) is 50.7 Å². The second-order valence-electron chi connectivity index (χ2n) is 8.36. The molecule has 0 bridgehead atoms. The van der Waals surface area contributed by atoms with Crippen molar-refractivity contribution in [3.05, 3.63) is 65.5 Å². The molecule has 0 unspecified atom stereocenters. The van der Waals surface area contributed by atoms with Gasteiger partial charge in [0.15, 0.2) is 0 Å². The largest absolute Gasteiger partial charge is 0.335 e. The average molecular weight is 361 g/mol. The molecule has 2 aliphatic heterocycles. The number of benzene rings is 1. The van der Waals surface area contributed by atoms with Crippen molar-refractivity contribution in [1.82, 2.24) is 14.8 Å². The van der Waals surface area contributed by atoms with E-state index in [-0.39, 0.29) is 0 Å².